The van der Waals surface area contributed by atoms with Crippen LogP contribution in [0.25, 0.3) is 0 Å². The third-order valence-electron chi connectivity index (χ3n) is 3.39. The van der Waals surface area contributed by atoms with E-state index < -0.39 is 6.10 Å². The van der Waals surface area contributed by atoms with Crippen molar-refractivity contribution in [1.29, 1.82) is 0 Å². The normalized spacial score (nSPS) is 17.9. The van der Waals surface area contributed by atoms with Crippen molar-refractivity contribution in [3.8, 4) is 11.5 Å². The Hall–Kier alpha value is -1.26. The van der Waals surface area contributed by atoms with Gasteiger partial charge in [0.1, 0.15) is 6.10 Å². The number of nitrogens with one attached hydrogen (secondary N) is 1. The molecule has 0 aromatic heterocycles. The van der Waals surface area contributed by atoms with Crippen molar-refractivity contribution >= 4 is 0 Å². The Balaban J connectivity index is 2.05. The van der Waals surface area contributed by atoms with E-state index in [1.807, 2.05) is 25.1 Å². The highest BCUT2D eigenvalue weighted by Crippen LogP contribution is 2.30. The monoisotopic (exact) mass is 265 g/mol. The van der Waals surface area contributed by atoms with E-state index in [1.165, 1.54) is 18.4 Å². The number of rotatable bonds is 7. The molecule has 2 N–H and O–H groups in total. The first-order chi connectivity index (χ1) is 9.10. The Morgan fingerprint density at radius 2 is 2.05 bits per heavy atom. The van der Waals surface area contributed by atoms with Gasteiger partial charge in [-0.15, -0.1) is 0 Å². The minimum atomic E-state index is -0.516. The molecule has 4 heteroatoms. The van der Waals surface area contributed by atoms with Gasteiger partial charge in [-0.1, -0.05) is 6.07 Å². The summed E-state index contributed by atoms with van der Waals surface area (Å²) in [5, 5.41) is 13.0. The Morgan fingerprint density at radius 1 is 1.32 bits per heavy atom. The van der Waals surface area contributed by atoms with Crippen LogP contribution in [0.2, 0.25) is 0 Å². The molecule has 1 saturated carbocycles. The van der Waals surface area contributed by atoms with E-state index in [4.69, 9.17) is 9.47 Å². The molecule has 0 bridgehead atoms. The zero-order chi connectivity index (χ0) is 13.8. The van der Waals surface area contributed by atoms with Crippen LogP contribution in [0.3, 0.4) is 0 Å². The molecular formula is C15H23NO3. The van der Waals surface area contributed by atoms with Crippen LogP contribution < -0.4 is 14.8 Å². The molecule has 19 heavy (non-hydrogen) atoms. The maximum atomic E-state index is 9.52. The van der Waals surface area contributed by atoms with Gasteiger partial charge in [0.15, 0.2) is 11.5 Å². The molecule has 1 aromatic rings. The molecule has 0 amide bonds. The van der Waals surface area contributed by atoms with Gasteiger partial charge in [-0.3, -0.25) is 0 Å². The van der Waals surface area contributed by atoms with Crippen molar-refractivity contribution in [2.45, 2.75) is 51.5 Å². The summed E-state index contributed by atoms with van der Waals surface area (Å²) in [6.45, 7) is 4.41. The van der Waals surface area contributed by atoms with E-state index in [1.54, 1.807) is 14.0 Å². The van der Waals surface area contributed by atoms with Gasteiger partial charge in [-0.2, -0.15) is 0 Å². The SMILES string of the molecule is COc1ccc(CNC2CC2)cc1OC(C)C(C)O. The number of aliphatic hydroxyl groups is 1. The summed E-state index contributed by atoms with van der Waals surface area (Å²) < 4.78 is 11.0. The van der Waals surface area contributed by atoms with E-state index in [2.05, 4.69) is 5.32 Å². The van der Waals surface area contributed by atoms with E-state index in [-0.39, 0.29) is 6.10 Å². The number of hydrogen-bond donors (Lipinski definition) is 2. The average Bonchev–Trinajstić information content (AvgIpc) is 3.20. The van der Waals surface area contributed by atoms with Crippen molar-refractivity contribution in [2.75, 3.05) is 7.11 Å². The van der Waals surface area contributed by atoms with Crippen LogP contribution >= 0.6 is 0 Å². The number of benzene rings is 1. The topological polar surface area (TPSA) is 50.7 Å². The molecule has 2 rings (SSSR count). The minimum Gasteiger partial charge on any atom is -0.493 e. The van der Waals surface area contributed by atoms with Crippen LogP contribution in [0.1, 0.15) is 32.3 Å². The molecule has 1 aromatic carbocycles. The molecule has 1 aliphatic carbocycles. The summed E-state index contributed by atoms with van der Waals surface area (Å²) in [6, 6.07) is 6.61. The second-order valence-electron chi connectivity index (χ2n) is 5.20. The smallest absolute Gasteiger partial charge is 0.162 e. The molecule has 0 aliphatic heterocycles. The predicted octanol–water partition coefficient (Wildman–Crippen LogP) is 2.10. The van der Waals surface area contributed by atoms with Gasteiger partial charge in [0.2, 0.25) is 0 Å². The largest absolute Gasteiger partial charge is 0.493 e. The van der Waals surface area contributed by atoms with Crippen LogP contribution in [0.15, 0.2) is 18.2 Å². The lowest BCUT2D eigenvalue weighted by atomic mass is 10.2. The molecule has 106 valence electrons. The summed E-state index contributed by atoms with van der Waals surface area (Å²) in [4.78, 5) is 0. The first kappa shape index (κ1) is 14.2. The summed E-state index contributed by atoms with van der Waals surface area (Å²) in [5.41, 5.74) is 1.17. The third kappa shape index (κ3) is 4.11. The Morgan fingerprint density at radius 3 is 2.63 bits per heavy atom. The van der Waals surface area contributed by atoms with Gasteiger partial charge < -0.3 is 19.9 Å². The maximum Gasteiger partial charge on any atom is 0.162 e. The Kier molecular flexibility index (Phi) is 4.66. The van der Waals surface area contributed by atoms with Crippen molar-refractivity contribution in [1.82, 2.24) is 5.32 Å². The quantitative estimate of drug-likeness (QED) is 0.792. The standard InChI is InChI=1S/C15H23NO3/c1-10(17)11(2)19-15-8-12(4-7-14(15)18-3)9-16-13-5-6-13/h4,7-8,10-11,13,16-17H,5-6,9H2,1-3H3. The van der Waals surface area contributed by atoms with Gasteiger partial charge in [0.25, 0.3) is 0 Å². The van der Waals surface area contributed by atoms with Crippen molar-refractivity contribution < 1.29 is 14.6 Å². The molecule has 0 spiro atoms. The van der Waals surface area contributed by atoms with Crippen LogP contribution in [0.4, 0.5) is 0 Å². The number of ether oxygens (including phenoxy) is 2. The number of aliphatic hydroxyl groups excluding tert-OH is 1. The summed E-state index contributed by atoms with van der Waals surface area (Å²) in [7, 11) is 1.62. The van der Waals surface area contributed by atoms with Crippen LogP contribution in [0, 0.1) is 0 Å². The fraction of sp³-hybridized carbons (Fsp3) is 0.600. The molecule has 2 unspecified atom stereocenters. The highest BCUT2D eigenvalue weighted by Gasteiger charge is 2.20. The molecule has 1 aliphatic rings. The first-order valence-electron chi connectivity index (χ1n) is 6.85. The van der Waals surface area contributed by atoms with Crippen molar-refractivity contribution in [2.24, 2.45) is 0 Å². The number of methoxy groups -OCH3 is 1. The molecule has 0 radical (unpaired) electrons. The Labute approximate surface area is 114 Å². The highest BCUT2D eigenvalue weighted by molar-refractivity contribution is 5.43. The minimum absolute atomic E-state index is 0.263. The Bertz CT molecular complexity index is 416. The van der Waals surface area contributed by atoms with Gasteiger partial charge in [0.05, 0.1) is 13.2 Å². The summed E-state index contributed by atoms with van der Waals surface area (Å²) >= 11 is 0. The second kappa shape index (κ2) is 6.26. The lowest BCUT2D eigenvalue weighted by Crippen LogP contribution is -2.25. The van der Waals surface area contributed by atoms with Crippen molar-refractivity contribution in [3.63, 3.8) is 0 Å². The fourth-order valence-corrected chi connectivity index (χ4v) is 1.77. The summed E-state index contributed by atoms with van der Waals surface area (Å²) in [6.07, 6.45) is 1.77. The van der Waals surface area contributed by atoms with E-state index in [0.717, 1.165) is 6.54 Å². The van der Waals surface area contributed by atoms with Crippen molar-refractivity contribution in [3.05, 3.63) is 23.8 Å². The molecule has 0 saturated heterocycles. The molecule has 1 fully saturated rings. The maximum absolute atomic E-state index is 9.52. The zero-order valence-electron chi connectivity index (χ0n) is 11.8. The molecule has 4 nitrogen and oxygen atoms in total. The highest BCUT2D eigenvalue weighted by atomic mass is 16.5. The lowest BCUT2D eigenvalue weighted by Gasteiger charge is -2.19. The molecule has 2 atom stereocenters. The van der Waals surface area contributed by atoms with E-state index in [0.29, 0.717) is 17.5 Å². The number of hydrogen-bond acceptors (Lipinski definition) is 4. The van der Waals surface area contributed by atoms with Gasteiger partial charge in [-0.25, -0.2) is 0 Å². The summed E-state index contributed by atoms with van der Waals surface area (Å²) in [5.74, 6) is 1.38. The van der Waals surface area contributed by atoms with Crippen LogP contribution in [-0.4, -0.2) is 30.5 Å². The average molecular weight is 265 g/mol. The predicted molar refractivity (Wildman–Crippen MR) is 74.6 cm³/mol. The fourth-order valence-electron chi connectivity index (χ4n) is 1.77. The van der Waals surface area contributed by atoms with E-state index in [9.17, 15) is 5.11 Å². The molecule has 0 heterocycles. The third-order valence-corrected chi connectivity index (χ3v) is 3.39. The van der Waals surface area contributed by atoms with Gasteiger partial charge >= 0.3 is 0 Å². The molecular weight excluding hydrogens is 242 g/mol. The van der Waals surface area contributed by atoms with Crippen LogP contribution in [0.5, 0.6) is 11.5 Å². The lowest BCUT2D eigenvalue weighted by molar-refractivity contribution is 0.0586. The zero-order valence-corrected chi connectivity index (χ0v) is 11.8. The second-order valence-corrected chi connectivity index (χ2v) is 5.20. The van der Waals surface area contributed by atoms with Gasteiger partial charge in [0, 0.05) is 12.6 Å². The van der Waals surface area contributed by atoms with Gasteiger partial charge in [-0.05, 0) is 44.4 Å². The van der Waals surface area contributed by atoms with E-state index >= 15 is 0 Å². The van der Waals surface area contributed by atoms with Crippen LogP contribution in [-0.2, 0) is 6.54 Å². The first-order valence-corrected chi connectivity index (χ1v) is 6.85.